The number of ether oxygens (including phenoxy) is 1. The van der Waals surface area contributed by atoms with Crippen LogP contribution in [0.15, 0.2) is 47.4 Å². The number of thioether (sulfide) groups is 1. The molecule has 0 saturated carbocycles. The second kappa shape index (κ2) is 9.58. The number of rotatable bonds is 6. The molecule has 8 heteroatoms. The second-order valence-electron chi connectivity index (χ2n) is 6.90. The number of benzene rings is 2. The molecule has 1 amide bonds. The van der Waals surface area contributed by atoms with Crippen molar-refractivity contribution in [2.24, 2.45) is 0 Å². The van der Waals surface area contributed by atoms with Crippen LogP contribution < -0.4 is 4.90 Å². The lowest BCUT2D eigenvalue weighted by Crippen LogP contribution is -2.43. The standard InChI is InChI=1S/C22H22N4O2S2/c1-29-18-3-2-4-19-20(18)24-22(30-19)26(10-9-25-11-13-28-14-12-25)21(27)17-7-5-16(15-23)6-8-17/h2-8H,9-14H2,1H3. The van der Waals surface area contributed by atoms with Crippen LogP contribution in [0.2, 0.25) is 0 Å². The molecular formula is C22H22N4O2S2. The van der Waals surface area contributed by atoms with Gasteiger partial charge in [0, 0.05) is 36.6 Å². The van der Waals surface area contributed by atoms with E-state index in [1.54, 1.807) is 40.9 Å². The molecule has 0 aliphatic carbocycles. The average molecular weight is 439 g/mol. The van der Waals surface area contributed by atoms with Gasteiger partial charge in [0.1, 0.15) is 0 Å². The molecule has 154 valence electrons. The Bertz CT molecular complexity index is 1070. The molecule has 0 spiro atoms. The fourth-order valence-corrected chi connectivity index (χ4v) is 5.03. The Morgan fingerprint density at radius 3 is 2.73 bits per heavy atom. The van der Waals surface area contributed by atoms with Gasteiger partial charge in [-0.3, -0.25) is 14.6 Å². The van der Waals surface area contributed by atoms with Crippen LogP contribution in [0.1, 0.15) is 15.9 Å². The first-order chi connectivity index (χ1) is 14.7. The molecule has 0 bridgehead atoms. The van der Waals surface area contributed by atoms with Crippen LogP contribution in [0.25, 0.3) is 10.2 Å². The number of anilines is 1. The minimum Gasteiger partial charge on any atom is -0.379 e. The fourth-order valence-electron chi connectivity index (χ4n) is 3.39. The van der Waals surface area contributed by atoms with Crippen LogP contribution in [-0.4, -0.2) is 61.4 Å². The monoisotopic (exact) mass is 438 g/mol. The zero-order valence-electron chi connectivity index (χ0n) is 16.7. The van der Waals surface area contributed by atoms with E-state index in [9.17, 15) is 4.79 Å². The number of amides is 1. The maximum atomic E-state index is 13.4. The van der Waals surface area contributed by atoms with Gasteiger partial charge in [0.2, 0.25) is 0 Å². The van der Waals surface area contributed by atoms with Crippen molar-refractivity contribution in [3.05, 3.63) is 53.6 Å². The van der Waals surface area contributed by atoms with Gasteiger partial charge in [-0.15, -0.1) is 11.8 Å². The Kier molecular flexibility index (Phi) is 6.65. The van der Waals surface area contributed by atoms with Crippen molar-refractivity contribution in [3.8, 4) is 6.07 Å². The Morgan fingerprint density at radius 2 is 2.03 bits per heavy atom. The van der Waals surface area contributed by atoms with Crippen LogP contribution >= 0.6 is 23.1 Å². The van der Waals surface area contributed by atoms with Gasteiger partial charge in [0.15, 0.2) is 5.13 Å². The molecule has 0 atom stereocenters. The predicted molar refractivity (Wildman–Crippen MR) is 121 cm³/mol. The molecule has 0 unspecified atom stereocenters. The number of nitrogens with zero attached hydrogens (tertiary/aromatic N) is 4. The summed E-state index contributed by atoms with van der Waals surface area (Å²) >= 11 is 3.19. The molecule has 1 aliphatic rings. The Morgan fingerprint density at radius 1 is 1.27 bits per heavy atom. The van der Waals surface area contributed by atoms with Crippen molar-refractivity contribution in [1.82, 2.24) is 9.88 Å². The first-order valence-electron chi connectivity index (χ1n) is 9.75. The van der Waals surface area contributed by atoms with E-state index in [2.05, 4.69) is 17.0 Å². The number of aromatic nitrogens is 1. The molecule has 4 rings (SSSR count). The SMILES string of the molecule is CSc1cccc2sc(N(CCN3CCOCC3)C(=O)c3ccc(C#N)cc3)nc12. The van der Waals surface area contributed by atoms with E-state index < -0.39 is 0 Å². The minimum absolute atomic E-state index is 0.0995. The smallest absolute Gasteiger partial charge is 0.260 e. The predicted octanol–water partition coefficient (Wildman–Crippen LogP) is 3.87. The van der Waals surface area contributed by atoms with Gasteiger partial charge < -0.3 is 4.74 Å². The van der Waals surface area contributed by atoms with E-state index in [4.69, 9.17) is 15.0 Å². The number of fused-ring (bicyclic) bond motifs is 1. The van der Waals surface area contributed by atoms with Gasteiger partial charge in [-0.1, -0.05) is 17.4 Å². The molecule has 2 aromatic carbocycles. The van der Waals surface area contributed by atoms with Crippen molar-refractivity contribution in [2.45, 2.75) is 4.90 Å². The zero-order chi connectivity index (χ0) is 20.9. The summed E-state index contributed by atoms with van der Waals surface area (Å²) in [5.74, 6) is -0.0995. The van der Waals surface area contributed by atoms with Gasteiger partial charge in [0.05, 0.1) is 35.1 Å². The highest BCUT2D eigenvalue weighted by Crippen LogP contribution is 2.34. The lowest BCUT2D eigenvalue weighted by molar-refractivity contribution is 0.0391. The lowest BCUT2D eigenvalue weighted by Gasteiger charge is -2.29. The third-order valence-corrected chi connectivity index (χ3v) is 6.88. The number of para-hydroxylation sites is 1. The van der Waals surface area contributed by atoms with E-state index in [1.807, 2.05) is 18.4 Å². The van der Waals surface area contributed by atoms with Gasteiger partial charge in [-0.2, -0.15) is 5.26 Å². The molecule has 1 aromatic heterocycles. The molecule has 0 radical (unpaired) electrons. The van der Waals surface area contributed by atoms with Crippen molar-refractivity contribution in [2.75, 3.05) is 50.5 Å². The first kappa shape index (κ1) is 20.8. The second-order valence-corrected chi connectivity index (χ2v) is 8.76. The van der Waals surface area contributed by atoms with E-state index in [1.165, 1.54) is 11.3 Å². The van der Waals surface area contributed by atoms with E-state index in [-0.39, 0.29) is 5.91 Å². The summed E-state index contributed by atoms with van der Waals surface area (Å²) in [6.45, 7) is 4.50. The molecule has 3 aromatic rings. The minimum atomic E-state index is -0.0995. The molecule has 1 saturated heterocycles. The first-order valence-corrected chi connectivity index (χ1v) is 11.8. The molecule has 2 heterocycles. The Hall–Kier alpha value is -2.44. The summed E-state index contributed by atoms with van der Waals surface area (Å²) in [5, 5.41) is 9.74. The average Bonchev–Trinajstić information content (AvgIpc) is 3.24. The zero-order valence-corrected chi connectivity index (χ0v) is 18.3. The summed E-state index contributed by atoms with van der Waals surface area (Å²) in [5.41, 5.74) is 2.03. The van der Waals surface area contributed by atoms with Crippen molar-refractivity contribution in [1.29, 1.82) is 5.26 Å². The highest BCUT2D eigenvalue weighted by molar-refractivity contribution is 7.98. The van der Waals surface area contributed by atoms with Crippen LogP contribution in [0.3, 0.4) is 0 Å². The van der Waals surface area contributed by atoms with Crippen LogP contribution in [0.5, 0.6) is 0 Å². The van der Waals surface area contributed by atoms with Gasteiger partial charge in [-0.25, -0.2) is 4.98 Å². The van der Waals surface area contributed by atoms with E-state index >= 15 is 0 Å². The number of thiazole rings is 1. The number of morpholine rings is 1. The van der Waals surface area contributed by atoms with Gasteiger partial charge in [-0.05, 0) is 42.7 Å². The highest BCUT2D eigenvalue weighted by Gasteiger charge is 2.23. The molecule has 6 nitrogen and oxygen atoms in total. The molecule has 30 heavy (non-hydrogen) atoms. The van der Waals surface area contributed by atoms with Gasteiger partial charge in [0.25, 0.3) is 5.91 Å². The Labute approximate surface area is 184 Å². The fraction of sp³-hybridized carbons (Fsp3) is 0.318. The summed E-state index contributed by atoms with van der Waals surface area (Å²) in [6, 6.07) is 15.0. The topological polar surface area (TPSA) is 69.5 Å². The maximum Gasteiger partial charge on any atom is 0.260 e. The molecule has 1 aliphatic heterocycles. The van der Waals surface area contributed by atoms with Crippen molar-refractivity contribution < 1.29 is 9.53 Å². The van der Waals surface area contributed by atoms with Crippen LogP contribution in [0.4, 0.5) is 5.13 Å². The Balaban J connectivity index is 1.65. The largest absolute Gasteiger partial charge is 0.379 e. The molecule has 0 N–H and O–H groups in total. The normalized spacial score (nSPS) is 14.5. The molecule has 1 fully saturated rings. The summed E-state index contributed by atoms with van der Waals surface area (Å²) in [7, 11) is 0. The molecular weight excluding hydrogens is 416 g/mol. The highest BCUT2D eigenvalue weighted by atomic mass is 32.2. The summed E-state index contributed by atoms with van der Waals surface area (Å²) < 4.78 is 6.50. The van der Waals surface area contributed by atoms with E-state index in [0.717, 1.165) is 48.0 Å². The van der Waals surface area contributed by atoms with Crippen LogP contribution in [0, 0.1) is 11.3 Å². The number of hydrogen-bond donors (Lipinski definition) is 0. The quantitative estimate of drug-likeness (QED) is 0.544. The number of carbonyl (C=O) groups is 1. The number of carbonyl (C=O) groups excluding carboxylic acids is 1. The number of nitriles is 1. The van der Waals surface area contributed by atoms with E-state index in [0.29, 0.717) is 22.8 Å². The van der Waals surface area contributed by atoms with Gasteiger partial charge >= 0.3 is 0 Å². The summed E-state index contributed by atoms with van der Waals surface area (Å²) in [4.78, 5) is 23.4. The third kappa shape index (κ3) is 4.50. The third-order valence-electron chi connectivity index (χ3n) is 5.07. The van der Waals surface area contributed by atoms with Crippen LogP contribution in [-0.2, 0) is 4.74 Å². The number of hydrogen-bond acceptors (Lipinski definition) is 7. The van der Waals surface area contributed by atoms with Crippen molar-refractivity contribution >= 4 is 44.4 Å². The lowest BCUT2D eigenvalue weighted by atomic mass is 10.1. The van der Waals surface area contributed by atoms with Crippen molar-refractivity contribution in [3.63, 3.8) is 0 Å². The summed E-state index contributed by atoms with van der Waals surface area (Å²) in [6.07, 6.45) is 2.03. The maximum absolute atomic E-state index is 13.4.